The topological polar surface area (TPSA) is 60.7 Å². The lowest BCUT2D eigenvalue weighted by Gasteiger charge is -2.38. The zero-order valence-electron chi connectivity index (χ0n) is 24.2. The van der Waals surface area contributed by atoms with Crippen molar-refractivity contribution in [2.75, 3.05) is 26.2 Å². The number of Topliss-reactive ketones (excluding diaryl/α,β-unsaturated/α-hetero) is 1. The van der Waals surface area contributed by atoms with Gasteiger partial charge in [0.15, 0.2) is 5.78 Å². The van der Waals surface area contributed by atoms with Gasteiger partial charge in [-0.2, -0.15) is 0 Å². The number of likely N-dealkylation sites (tertiary alicyclic amines) is 2. The van der Waals surface area contributed by atoms with E-state index in [1.807, 2.05) is 36.9 Å². The number of ketones is 1. The minimum Gasteiger partial charge on any atom is -0.340 e. The van der Waals surface area contributed by atoms with Gasteiger partial charge in [-0.25, -0.2) is 0 Å². The van der Waals surface area contributed by atoms with Crippen LogP contribution in [-0.2, 0) is 19.9 Å². The van der Waals surface area contributed by atoms with Crippen LogP contribution in [0.5, 0.6) is 0 Å². The second-order valence-electron chi connectivity index (χ2n) is 12.3. The maximum atomic E-state index is 14.1. The van der Waals surface area contributed by atoms with E-state index in [-0.39, 0.29) is 29.6 Å². The van der Waals surface area contributed by atoms with E-state index in [0.29, 0.717) is 39.0 Å². The van der Waals surface area contributed by atoms with Crippen LogP contribution in [0.15, 0.2) is 91.0 Å². The molecule has 0 saturated carbocycles. The van der Waals surface area contributed by atoms with Crippen molar-refractivity contribution in [2.45, 2.75) is 51.2 Å². The standard InChI is InChI=1S/C35H39N3O3/c1-25(2)31(26(3)39)37-22-20-34(33(37)41)19-21-36(24-34)32(40)30-23-38(30)35(27-13-7-4-8-14-27,28-15-9-5-10-16-28)29-17-11-6-12-18-29/h4-18,25,30-31H,19-24H2,1-3H3/t30-,31-,34?,38?/m0/s1. The van der Waals surface area contributed by atoms with E-state index in [9.17, 15) is 14.4 Å². The highest BCUT2D eigenvalue weighted by Gasteiger charge is 2.59. The number of hydrogen-bond donors (Lipinski definition) is 0. The second-order valence-corrected chi connectivity index (χ2v) is 12.3. The molecule has 3 aromatic rings. The van der Waals surface area contributed by atoms with Gasteiger partial charge in [0, 0.05) is 26.2 Å². The van der Waals surface area contributed by atoms with Crippen molar-refractivity contribution in [3.63, 3.8) is 0 Å². The van der Waals surface area contributed by atoms with Gasteiger partial charge in [-0.05, 0) is 42.4 Å². The molecule has 2 amide bonds. The van der Waals surface area contributed by atoms with Crippen LogP contribution in [0.1, 0.15) is 50.3 Å². The summed E-state index contributed by atoms with van der Waals surface area (Å²) in [6.45, 7) is 7.80. The van der Waals surface area contributed by atoms with Crippen molar-refractivity contribution in [3.05, 3.63) is 108 Å². The van der Waals surface area contributed by atoms with Crippen molar-refractivity contribution in [1.29, 1.82) is 0 Å². The van der Waals surface area contributed by atoms with E-state index in [1.165, 1.54) is 0 Å². The van der Waals surface area contributed by atoms with E-state index in [1.54, 1.807) is 11.8 Å². The van der Waals surface area contributed by atoms with Crippen LogP contribution >= 0.6 is 0 Å². The van der Waals surface area contributed by atoms with Crippen LogP contribution < -0.4 is 0 Å². The van der Waals surface area contributed by atoms with Gasteiger partial charge in [0.05, 0.1) is 17.0 Å². The largest absolute Gasteiger partial charge is 0.340 e. The van der Waals surface area contributed by atoms with Crippen molar-refractivity contribution < 1.29 is 14.4 Å². The van der Waals surface area contributed by atoms with Gasteiger partial charge in [-0.15, -0.1) is 0 Å². The molecule has 0 bridgehead atoms. The quantitative estimate of drug-likeness (QED) is 0.301. The maximum Gasteiger partial charge on any atom is 0.241 e. The predicted molar refractivity (Wildman–Crippen MR) is 159 cm³/mol. The highest BCUT2D eigenvalue weighted by Crippen LogP contribution is 2.49. The van der Waals surface area contributed by atoms with E-state index in [4.69, 9.17) is 0 Å². The summed E-state index contributed by atoms with van der Waals surface area (Å²) >= 11 is 0. The molecule has 3 aromatic carbocycles. The molecule has 0 aromatic heterocycles. The van der Waals surface area contributed by atoms with Crippen LogP contribution in [0.3, 0.4) is 0 Å². The summed E-state index contributed by atoms with van der Waals surface area (Å²) in [4.78, 5) is 46.3. The Labute approximate surface area is 242 Å². The first-order chi connectivity index (χ1) is 19.8. The zero-order valence-corrected chi connectivity index (χ0v) is 24.2. The third-order valence-corrected chi connectivity index (χ3v) is 9.50. The SMILES string of the molecule is CC(=O)[C@H](C(C)C)N1CCC2(CCN(C(=O)[C@@H]3CN3C(c3ccccc3)(c3ccccc3)c3ccccc3)C2)C1=O. The molecule has 3 fully saturated rings. The lowest BCUT2D eigenvalue weighted by Crippen LogP contribution is -2.48. The van der Waals surface area contributed by atoms with Crippen LogP contribution in [0, 0.1) is 11.3 Å². The molecule has 3 heterocycles. The van der Waals surface area contributed by atoms with Crippen LogP contribution in [0.25, 0.3) is 0 Å². The predicted octanol–water partition coefficient (Wildman–Crippen LogP) is 4.73. The molecule has 0 radical (unpaired) electrons. The maximum absolute atomic E-state index is 14.1. The molecule has 1 spiro atoms. The van der Waals surface area contributed by atoms with Crippen molar-refractivity contribution >= 4 is 17.6 Å². The van der Waals surface area contributed by atoms with E-state index >= 15 is 0 Å². The molecule has 3 aliphatic rings. The van der Waals surface area contributed by atoms with Crippen molar-refractivity contribution in [2.24, 2.45) is 11.3 Å². The first kappa shape index (κ1) is 27.4. The molecular weight excluding hydrogens is 510 g/mol. The summed E-state index contributed by atoms with van der Waals surface area (Å²) in [6, 6.07) is 30.7. The Balaban J connectivity index is 1.29. The fraction of sp³-hybridized carbons (Fsp3) is 0.400. The van der Waals surface area contributed by atoms with E-state index in [2.05, 4.69) is 77.7 Å². The smallest absolute Gasteiger partial charge is 0.241 e. The molecule has 2 unspecified atom stereocenters. The Kier molecular flexibility index (Phi) is 7.06. The summed E-state index contributed by atoms with van der Waals surface area (Å²) in [7, 11) is 0. The number of hydrogen-bond acceptors (Lipinski definition) is 4. The minimum absolute atomic E-state index is 0.0315. The van der Waals surface area contributed by atoms with Gasteiger partial charge in [0.25, 0.3) is 0 Å². The zero-order chi connectivity index (χ0) is 28.8. The first-order valence-electron chi connectivity index (χ1n) is 14.8. The summed E-state index contributed by atoms with van der Waals surface area (Å²) in [5, 5.41) is 0. The fourth-order valence-corrected chi connectivity index (χ4v) is 7.57. The molecule has 3 saturated heterocycles. The first-order valence-corrected chi connectivity index (χ1v) is 14.8. The fourth-order valence-electron chi connectivity index (χ4n) is 7.57. The number of nitrogens with zero attached hydrogens (tertiary/aromatic N) is 3. The molecule has 0 N–H and O–H groups in total. The second kappa shape index (κ2) is 10.6. The van der Waals surface area contributed by atoms with Gasteiger partial charge in [-0.1, -0.05) is 105 Å². The monoisotopic (exact) mass is 549 g/mol. The molecule has 6 rings (SSSR count). The third kappa shape index (κ3) is 4.49. The van der Waals surface area contributed by atoms with Gasteiger partial charge < -0.3 is 9.80 Å². The minimum atomic E-state index is -0.618. The lowest BCUT2D eigenvalue weighted by molar-refractivity contribution is -0.143. The van der Waals surface area contributed by atoms with Gasteiger partial charge in [0.2, 0.25) is 11.8 Å². The normalized spacial score (nSPS) is 24.7. The van der Waals surface area contributed by atoms with Crippen molar-refractivity contribution in [3.8, 4) is 0 Å². The number of carbonyl (C=O) groups excluding carboxylic acids is 3. The van der Waals surface area contributed by atoms with Gasteiger partial charge in [0.1, 0.15) is 6.04 Å². The Hall–Kier alpha value is -3.77. The Morgan fingerprint density at radius 1 is 0.805 bits per heavy atom. The Bertz CT molecular complexity index is 1330. The van der Waals surface area contributed by atoms with Crippen LogP contribution in [0.4, 0.5) is 0 Å². The van der Waals surface area contributed by atoms with Crippen molar-refractivity contribution in [1.82, 2.24) is 14.7 Å². The molecule has 3 aliphatic heterocycles. The molecule has 0 aliphatic carbocycles. The Morgan fingerprint density at radius 3 is 1.76 bits per heavy atom. The van der Waals surface area contributed by atoms with Gasteiger partial charge >= 0.3 is 0 Å². The molecule has 41 heavy (non-hydrogen) atoms. The van der Waals surface area contributed by atoms with Crippen LogP contribution in [0.2, 0.25) is 0 Å². The molecule has 212 valence electrons. The Morgan fingerprint density at radius 2 is 1.29 bits per heavy atom. The molecule has 6 heteroatoms. The van der Waals surface area contributed by atoms with Gasteiger partial charge in [-0.3, -0.25) is 19.3 Å². The summed E-state index contributed by atoms with van der Waals surface area (Å²) < 4.78 is 0. The lowest BCUT2D eigenvalue weighted by atomic mass is 9.76. The average Bonchev–Trinajstić information content (AvgIpc) is 3.57. The molecule has 6 nitrogen and oxygen atoms in total. The summed E-state index contributed by atoms with van der Waals surface area (Å²) in [5.74, 6) is 0.227. The summed E-state index contributed by atoms with van der Waals surface area (Å²) in [6.07, 6.45) is 1.35. The summed E-state index contributed by atoms with van der Waals surface area (Å²) in [5.41, 5.74) is 2.17. The number of carbonyl (C=O) groups is 3. The van der Waals surface area contributed by atoms with E-state index < -0.39 is 17.0 Å². The third-order valence-electron chi connectivity index (χ3n) is 9.50. The highest BCUT2D eigenvalue weighted by molar-refractivity contribution is 5.93. The number of amides is 2. The van der Waals surface area contributed by atoms with Crippen LogP contribution in [-0.4, -0.2) is 70.6 Å². The number of rotatable bonds is 8. The molecule has 4 atom stereocenters. The highest BCUT2D eigenvalue weighted by atomic mass is 16.2. The number of benzene rings is 3. The molecular formula is C35H39N3O3. The van der Waals surface area contributed by atoms with E-state index in [0.717, 1.165) is 16.7 Å². The average molecular weight is 550 g/mol.